The molecule has 0 unspecified atom stereocenters. The van der Waals surface area contributed by atoms with E-state index in [0.29, 0.717) is 0 Å². The molecule has 1 heterocycles. The van der Waals surface area contributed by atoms with Gasteiger partial charge < -0.3 is 4.98 Å². The zero-order valence-corrected chi connectivity index (χ0v) is 6.33. The van der Waals surface area contributed by atoms with E-state index in [2.05, 4.69) is 33.9 Å². The number of alkyl halides is 1. The predicted octanol–water partition coefficient (Wildman–Crippen LogP) is 2.22. The molecule has 0 aliphatic rings. The van der Waals surface area contributed by atoms with Gasteiger partial charge in [-0.2, -0.15) is 0 Å². The minimum atomic E-state index is 0.947. The monoisotopic (exact) mass is 173 g/mol. The van der Waals surface area contributed by atoms with Gasteiger partial charge in [0, 0.05) is 17.2 Å². The predicted molar refractivity (Wildman–Crippen MR) is 38.2 cm³/mol. The molecule has 0 spiro atoms. The molecule has 1 N–H and O–H groups in total. The third-order valence-electron chi connectivity index (χ3n) is 1.21. The molecule has 0 bridgehead atoms. The Morgan fingerprint density at radius 3 is 2.75 bits per heavy atom. The van der Waals surface area contributed by atoms with Gasteiger partial charge in [-0.25, -0.2) is 0 Å². The molecule has 0 fully saturated rings. The second-order valence-electron chi connectivity index (χ2n) is 1.76. The molecule has 8 heavy (non-hydrogen) atoms. The molecule has 0 radical (unpaired) electrons. The van der Waals surface area contributed by atoms with Gasteiger partial charge in [0.15, 0.2) is 0 Å². The highest BCUT2D eigenvalue weighted by Crippen LogP contribution is 2.08. The van der Waals surface area contributed by atoms with Crippen molar-refractivity contribution in [1.82, 2.24) is 4.98 Å². The number of hydrogen-bond donors (Lipinski definition) is 1. The fourth-order valence-corrected chi connectivity index (χ4v) is 1.24. The van der Waals surface area contributed by atoms with Crippen molar-refractivity contribution in [2.24, 2.45) is 0 Å². The van der Waals surface area contributed by atoms with E-state index in [-0.39, 0.29) is 0 Å². The van der Waals surface area contributed by atoms with Crippen LogP contribution in [0.4, 0.5) is 0 Å². The van der Waals surface area contributed by atoms with Crippen molar-refractivity contribution in [3.8, 4) is 0 Å². The number of aromatic nitrogens is 1. The molecule has 2 heteroatoms. The smallest absolute Gasteiger partial charge is 0.0300 e. The molecule has 1 nitrogen and oxygen atoms in total. The lowest BCUT2D eigenvalue weighted by Crippen LogP contribution is -1.75. The first-order valence-electron chi connectivity index (χ1n) is 2.53. The van der Waals surface area contributed by atoms with Crippen LogP contribution in [0, 0.1) is 6.92 Å². The average Bonchev–Trinajstić information content (AvgIpc) is 2.14. The number of nitrogens with one attached hydrogen (secondary N) is 1. The van der Waals surface area contributed by atoms with Crippen molar-refractivity contribution in [2.75, 3.05) is 0 Å². The Hall–Kier alpha value is -0.240. The summed E-state index contributed by atoms with van der Waals surface area (Å²) >= 11 is 3.37. The number of hydrogen-bond acceptors (Lipinski definition) is 0. The average molecular weight is 174 g/mol. The van der Waals surface area contributed by atoms with Gasteiger partial charge >= 0.3 is 0 Å². The lowest BCUT2D eigenvalue weighted by atomic mass is 10.3. The summed E-state index contributed by atoms with van der Waals surface area (Å²) in [6.07, 6.45) is 1.95. The minimum Gasteiger partial charge on any atom is -0.365 e. The van der Waals surface area contributed by atoms with Gasteiger partial charge in [0.25, 0.3) is 0 Å². The Labute approximate surface area is 57.2 Å². The molecule has 0 aliphatic heterocycles. The molecule has 1 aromatic rings. The molecule has 0 aromatic carbocycles. The minimum absolute atomic E-state index is 0.947. The Balaban J connectivity index is 2.92. The number of aromatic amines is 1. The highest BCUT2D eigenvalue weighted by atomic mass is 79.9. The van der Waals surface area contributed by atoms with Crippen LogP contribution in [0.5, 0.6) is 0 Å². The molecule has 0 saturated heterocycles. The lowest BCUT2D eigenvalue weighted by Gasteiger charge is -1.87. The van der Waals surface area contributed by atoms with Crippen molar-refractivity contribution in [2.45, 2.75) is 12.3 Å². The maximum absolute atomic E-state index is 3.37. The van der Waals surface area contributed by atoms with Gasteiger partial charge in [0.1, 0.15) is 0 Å². The van der Waals surface area contributed by atoms with Crippen LogP contribution in [0.1, 0.15) is 11.3 Å². The fourth-order valence-electron chi connectivity index (χ4n) is 0.630. The van der Waals surface area contributed by atoms with Crippen LogP contribution in [0.3, 0.4) is 0 Å². The van der Waals surface area contributed by atoms with Crippen LogP contribution in [0.15, 0.2) is 12.3 Å². The molecular formula is C6H8BrN. The zero-order valence-electron chi connectivity index (χ0n) is 4.74. The van der Waals surface area contributed by atoms with Gasteiger partial charge in [0.2, 0.25) is 0 Å². The van der Waals surface area contributed by atoms with Crippen molar-refractivity contribution in [1.29, 1.82) is 0 Å². The lowest BCUT2D eigenvalue weighted by molar-refractivity contribution is 1.22. The van der Waals surface area contributed by atoms with Crippen LogP contribution >= 0.6 is 15.9 Å². The number of aryl methyl sites for hydroxylation is 1. The van der Waals surface area contributed by atoms with Crippen molar-refractivity contribution < 1.29 is 0 Å². The quantitative estimate of drug-likeness (QED) is 0.628. The zero-order chi connectivity index (χ0) is 5.98. The van der Waals surface area contributed by atoms with E-state index in [1.165, 1.54) is 11.3 Å². The molecule has 0 aliphatic carbocycles. The van der Waals surface area contributed by atoms with Crippen LogP contribution in [0.2, 0.25) is 0 Å². The standard InChI is InChI=1S/C6H8BrN/c1-5-6(4-7)2-3-8-5/h2-3,8H,4H2,1H3. The summed E-state index contributed by atoms with van der Waals surface area (Å²) in [4.78, 5) is 3.09. The van der Waals surface area contributed by atoms with Crippen molar-refractivity contribution in [3.63, 3.8) is 0 Å². The fraction of sp³-hybridized carbons (Fsp3) is 0.333. The van der Waals surface area contributed by atoms with Gasteiger partial charge in [-0.05, 0) is 18.6 Å². The van der Waals surface area contributed by atoms with Crippen molar-refractivity contribution >= 4 is 15.9 Å². The molecule has 1 aromatic heterocycles. The first-order valence-corrected chi connectivity index (χ1v) is 3.65. The number of halogens is 1. The highest BCUT2D eigenvalue weighted by molar-refractivity contribution is 9.08. The largest absolute Gasteiger partial charge is 0.365 e. The Kier molecular flexibility index (Phi) is 1.73. The summed E-state index contributed by atoms with van der Waals surface area (Å²) in [7, 11) is 0. The van der Waals surface area contributed by atoms with Crippen LogP contribution in [-0.2, 0) is 5.33 Å². The van der Waals surface area contributed by atoms with Gasteiger partial charge in [-0.1, -0.05) is 15.9 Å². The summed E-state index contributed by atoms with van der Waals surface area (Å²) in [5.41, 5.74) is 2.59. The number of rotatable bonds is 1. The van der Waals surface area contributed by atoms with Gasteiger partial charge in [-0.3, -0.25) is 0 Å². The van der Waals surface area contributed by atoms with E-state index in [1.807, 2.05) is 6.20 Å². The maximum Gasteiger partial charge on any atom is 0.0300 e. The van der Waals surface area contributed by atoms with E-state index in [0.717, 1.165) is 5.33 Å². The summed E-state index contributed by atoms with van der Waals surface area (Å²) in [6.45, 7) is 2.07. The second kappa shape index (κ2) is 2.35. The molecule has 0 amide bonds. The SMILES string of the molecule is Cc1[nH]ccc1CBr. The topological polar surface area (TPSA) is 15.8 Å². The second-order valence-corrected chi connectivity index (χ2v) is 2.32. The van der Waals surface area contributed by atoms with E-state index < -0.39 is 0 Å². The molecule has 0 saturated carbocycles. The first kappa shape index (κ1) is 5.89. The van der Waals surface area contributed by atoms with E-state index >= 15 is 0 Å². The molecular weight excluding hydrogens is 166 g/mol. The third kappa shape index (κ3) is 0.944. The van der Waals surface area contributed by atoms with Gasteiger partial charge in [-0.15, -0.1) is 0 Å². The molecule has 1 rings (SSSR count). The number of H-pyrrole nitrogens is 1. The molecule has 44 valence electrons. The molecule has 0 atom stereocenters. The summed E-state index contributed by atoms with van der Waals surface area (Å²) in [5, 5.41) is 0.947. The van der Waals surface area contributed by atoms with E-state index in [4.69, 9.17) is 0 Å². The Bertz CT molecular complexity index is 169. The van der Waals surface area contributed by atoms with Gasteiger partial charge in [0.05, 0.1) is 0 Å². The normalized spacial score (nSPS) is 9.75. The van der Waals surface area contributed by atoms with E-state index in [9.17, 15) is 0 Å². The van der Waals surface area contributed by atoms with Crippen molar-refractivity contribution in [3.05, 3.63) is 23.5 Å². The summed E-state index contributed by atoms with van der Waals surface area (Å²) in [5.74, 6) is 0. The third-order valence-corrected chi connectivity index (χ3v) is 1.81. The van der Waals surface area contributed by atoms with E-state index in [1.54, 1.807) is 0 Å². The van der Waals surface area contributed by atoms with Crippen LogP contribution < -0.4 is 0 Å². The highest BCUT2D eigenvalue weighted by Gasteiger charge is 1.92. The Morgan fingerprint density at radius 2 is 2.50 bits per heavy atom. The van der Waals surface area contributed by atoms with Crippen LogP contribution in [0.25, 0.3) is 0 Å². The summed E-state index contributed by atoms with van der Waals surface area (Å²) in [6, 6.07) is 2.07. The summed E-state index contributed by atoms with van der Waals surface area (Å²) < 4.78 is 0. The van der Waals surface area contributed by atoms with Crippen LogP contribution in [-0.4, -0.2) is 4.98 Å². The Morgan fingerprint density at radius 1 is 1.75 bits per heavy atom. The maximum atomic E-state index is 3.37. The first-order chi connectivity index (χ1) is 3.84.